The fraction of sp³-hybridized carbons (Fsp3) is 0.522. The maximum Gasteiger partial charge on any atom is 0.326 e. The number of hydrogen-bond acceptors (Lipinski definition) is 7. The van der Waals surface area contributed by atoms with Crippen LogP contribution in [0, 0.1) is 5.92 Å². The molecule has 4 unspecified atom stereocenters. The highest BCUT2D eigenvalue weighted by molar-refractivity contribution is 7.98. The van der Waals surface area contributed by atoms with E-state index < -0.39 is 60.2 Å². The zero-order valence-electron chi connectivity index (χ0n) is 20.0. The molecule has 194 valence electrons. The molecule has 0 radical (unpaired) electrons. The van der Waals surface area contributed by atoms with E-state index in [4.69, 9.17) is 5.73 Å². The van der Waals surface area contributed by atoms with Gasteiger partial charge >= 0.3 is 11.9 Å². The fourth-order valence-electron chi connectivity index (χ4n) is 3.05. The molecule has 0 saturated heterocycles. The lowest BCUT2D eigenvalue weighted by atomic mass is 10.0. The second-order valence-electron chi connectivity index (χ2n) is 8.36. The molecule has 1 aromatic rings. The summed E-state index contributed by atoms with van der Waals surface area (Å²) in [6, 6.07) is 3.79. The van der Waals surface area contributed by atoms with Gasteiger partial charge in [-0.25, -0.2) is 4.79 Å². The minimum absolute atomic E-state index is 0.0326. The Balaban J connectivity index is 3.00. The van der Waals surface area contributed by atoms with Crippen molar-refractivity contribution in [3.8, 4) is 0 Å². The molecule has 12 heteroatoms. The van der Waals surface area contributed by atoms with Crippen LogP contribution < -0.4 is 21.7 Å². The van der Waals surface area contributed by atoms with Crippen LogP contribution >= 0.6 is 11.8 Å². The highest BCUT2D eigenvalue weighted by Crippen LogP contribution is 2.07. The monoisotopic (exact) mass is 510 g/mol. The van der Waals surface area contributed by atoms with Gasteiger partial charge in [0.1, 0.15) is 18.1 Å². The molecule has 35 heavy (non-hydrogen) atoms. The predicted molar refractivity (Wildman–Crippen MR) is 132 cm³/mol. The van der Waals surface area contributed by atoms with Gasteiger partial charge in [-0.3, -0.25) is 19.2 Å². The molecule has 0 bridgehead atoms. The van der Waals surface area contributed by atoms with Crippen LogP contribution in [0.15, 0.2) is 30.3 Å². The predicted octanol–water partition coefficient (Wildman–Crippen LogP) is -0.0208. The van der Waals surface area contributed by atoms with Crippen molar-refractivity contribution in [1.29, 1.82) is 0 Å². The zero-order valence-corrected chi connectivity index (χ0v) is 20.8. The first-order valence-electron chi connectivity index (χ1n) is 11.1. The first kappa shape index (κ1) is 29.9. The second kappa shape index (κ2) is 15.0. The molecule has 0 saturated carbocycles. The molecule has 0 spiro atoms. The van der Waals surface area contributed by atoms with Crippen molar-refractivity contribution in [2.75, 3.05) is 12.0 Å². The lowest BCUT2D eigenvalue weighted by Gasteiger charge is -2.25. The van der Waals surface area contributed by atoms with E-state index in [0.717, 1.165) is 0 Å². The summed E-state index contributed by atoms with van der Waals surface area (Å²) in [6.45, 7) is 3.51. The number of thioether (sulfide) groups is 1. The summed E-state index contributed by atoms with van der Waals surface area (Å²) in [5.41, 5.74) is 6.51. The molecule has 3 amide bonds. The summed E-state index contributed by atoms with van der Waals surface area (Å²) < 4.78 is 0. The van der Waals surface area contributed by atoms with Gasteiger partial charge < -0.3 is 31.9 Å². The van der Waals surface area contributed by atoms with Crippen LogP contribution in [0.3, 0.4) is 0 Å². The first-order chi connectivity index (χ1) is 16.5. The van der Waals surface area contributed by atoms with Crippen LogP contribution in [-0.2, 0) is 30.4 Å². The largest absolute Gasteiger partial charge is 0.481 e. The lowest BCUT2D eigenvalue weighted by Crippen LogP contribution is -2.58. The summed E-state index contributed by atoms with van der Waals surface area (Å²) in [5.74, 6) is -4.62. The normalized spacial score (nSPS) is 14.3. The van der Waals surface area contributed by atoms with Gasteiger partial charge in [-0.1, -0.05) is 44.2 Å². The van der Waals surface area contributed by atoms with Gasteiger partial charge in [-0.15, -0.1) is 0 Å². The number of carbonyl (C=O) groups is 5. The van der Waals surface area contributed by atoms with Crippen molar-refractivity contribution in [1.82, 2.24) is 16.0 Å². The molecular formula is C23H34N4O7S. The molecule has 1 aromatic carbocycles. The van der Waals surface area contributed by atoms with E-state index in [1.807, 2.05) is 6.26 Å². The molecule has 0 heterocycles. The summed E-state index contributed by atoms with van der Waals surface area (Å²) in [7, 11) is 0. The van der Waals surface area contributed by atoms with Crippen LogP contribution in [0.5, 0.6) is 0 Å². The Bertz CT molecular complexity index is 882. The fourth-order valence-corrected chi connectivity index (χ4v) is 3.53. The maximum absolute atomic E-state index is 12.9. The number of nitrogens with two attached hydrogens (primary N) is 1. The van der Waals surface area contributed by atoms with Crippen molar-refractivity contribution < 1.29 is 34.2 Å². The van der Waals surface area contributed by atoms with Crippen molar-refractivity contribution in [3.63, 3.8) is 0 Å². The van der Waals surface area contributed by atoms with Crippen LogP contribution in [0.25, 0.3) is 0 Å². The molecule has 1 rings (SSSR count). The van der Waals surface area contributed by atoms with Crippen molar-refractivity contribution in [2.24, 2.45) is 11.7 Å². The Kier molecular flexibility index (Phi) is 12.8. The Morgan fingerprint density at radius 2 is 1.43 bits per heavy atom. The number of hydrogen-bond donors (Lipinski definition) is 6. The van der Waals surface area contributed by atoms with Crippen molar-refractivity contribution in [2.45, 2.75) is 57.3 Å². The average molecular weight is 511 g/mol. The number of amides is 3. The van der Waals surface area contributed by atoms with Gasteiger partial charge in [0, 0.05) is 6.42 Å². The lowest BCUT2D eigenvalue weighted by molar-refractivity contribution is -0.143. The van der Waals surface area contributed by atoms with E-state index in [1.165, 1.54) is 11.8 Å². The summed E-state index contributed by atoms with van der Waals surface area (Å²) in [5, 5.41) is 26.0. The van der Waals surface area contributed by atoms with E-state index >= 15 is 0 Å². The first-order valence-corrected chi connectivity index (χ1v) is 12.5. The standard InChI is InChI=1S/C23H34N4O7S/c1-13(2)19(24)22(32)25-15(9-10-35-3)20(30)26-16(12-18(28)29)21(31)27-17(23(33)34)11-14-7-5-4-6-8-14/h4-8,13,15-17,19H,9-12,24H2,1-3H3,(H,25,32)(H,26,30)(H,27,31)(H,28,29)(H,33,34). The van der Waals surface area contributed by atoms with Gasteiger partial charge in [0.15, 0.2) is 0 Å². The number of carbonyl (C=O) groups excluding carboxylic acids is 3. The molecule has 0 aliphatic rings. The van der Waals surface area contributed by atoms with Crippen LogP contribution in [0.4, 0.5) is 0 Å². The number of benzene rings is 1. The molecular weight excluding hydrogens is 476 g/mol. The van der Waals surface area contributed by atoms with Crippen molar-refractivity contribution in [3.05, 3.63) is 35.9 Å². The Morgan fingerprint density at radius 1 is 0.886 bits per heavy atom. The maximum atomic E-state index is 12.9. The number of aliphatic carboxylic acids is 2. The number of carboxylic acids is 2. The minimum atomic E-state index is -1.55. The Hall–Kier alpha value is -3.12. The van der Waals surface area contributed by atoms with E-state index in [-0.39, 0.29) is 18.8 Å². The smallest absolute Gasteiger partial charge is 0.326 e. The van der Waals surface area contributed by atoms with E-state index in [9.17, 15) is 34.2 Å². The third-order valence-electron chi connectivity index (χ3n) is 5.17. The van der Waals surface area contributed by atoms with Gasteiger partial charge in [0.2, 0.25) is 17.7 Å². The summed E-state index contributed by atoms with van der Waals surface area (Å²) in [4.78, 5) is 61.2. The molecule has 0 aromatic heterocycles. The minimum Gasteiger partial charge on any atom is -0.481 e. The molecule has 4 atom stereocenters. The van der Waals surface area contributed by atoms with Gasteiger partial charge in [-0.2, -0.15) is 11.8 Å². The molecule has 7 N–H and O–H groups in total. The number of carboxylic acid groups (broad SMARTS) is 2. The van der Waals surface area contributed by atoms with E-state index in [0.29, 0.717) is 11.3 Å². The van der Waals surface area contributed by atoms with Gasteiger partial charge in [0.25, 0.3) is 0 Å². The molecule has 11 nitrogen and oxygen atoms in total. The molecule has 0 aliphatic carbocycles. The topological polar surface area (TPSA) is 188 Å². The van der Waals surface area contributed by atoms with Crippen LogP contribution in [-0.4, -0.2) is 76.0 Å². The second-order valence-corrected chi connectivity index (χ2v) is 9.35. The highest BCUT2D eigenvalue weighted by Gasteiger charge is 2.31. The van der Waals surface area contributed by atoms with Gasteiger partial charge in [-0.05, 0) is 29.9 Å². The molecule has 0 fully saturated rings. The zero-order chi connectivity index (χ0) is 26.5. The van der Waals surface area contributed by atoms with Crippen molar-refractivity contribution >= 4 is 41.4 Å². The van der Waals surface area contributed by atoms with E-state index in [2.05, 4.69) is 16.0 Å². The quantitative estimate of drug-likeness (QED) is 0.188. The molecule has 0 aliphatic heterocycles. The highest BCUT2D eigenvalue weighted by atomic mass is 32.2. The third-order valence-corrected chi connectivity index (χ3v) is 5.82. The van der Waals surface area contributed by atoms with Crippen LogP contribution in [0.1, 0.15) is 32.3 Å². The summed E-state index contributed by atoms with van der Waals surface area (Å²) in [6.07, 6.45) is 1.23. The Labute approximate surface area is 208 Å². The number of rotatable bonds is 15. The third kappa shape index (κ3) is 10.8. The number of nitrogens with one attached hydrogen (secondary N) is 3. The van der Waals surface area contributed by atoms with Gasteiger partial charge in [0.05, 0.1) is 12.5 Å². The SMILES string of the molecule is CSCCC(NC(=O)C(N)C(C)C)C(=O)NC(CC(=O)O)C(=O)NC(Cc1ccccc1)C(=O)O. The summed E-state index contributed by atoms with van der Waals surface area (Å²) >= 11 is 1.44. The van der Waals surface area contributed by atoms with E-state index in [1.54, 1.807) is 44.2 Å². The average Bonchev–Trinajstić information content (AvgIpc) is 2.80. The Morgan fingerprint density at radius 3 is 1.94 bits per heavy atom. The van der Waals surface area contributed by atoms with Crippen LogP contribution in [0.2, 0.25) is 0 Å².